The lowest BCUT2D eigenvalue weighted by Crippen LogP contribution is -2.18. The molecule has 1 fully saturated rings. The number of alkyl halides is 1. The summed E-state index contributed by atoms with van der Waals surface area (Å²) in [5, 5.41) is 0. The van der Waals surface area contributed by atoms with E-state index in [0.717, 1.165) is 5.88 Å². The molecule has 1 aliphatic carbocycles. The zero-order valence-corrected chi connectivity index (χ0v) is 10.2. The molecule has 0 N–H and O–H groups in total. The summed E-state index contributed by atoms with van der Waals surface area (Å²) >= 11 is 8.13. The van der Waals surface area contributed by atoms with Crippen LogP contribution >= 0.6 is 23.4 Å². The molecule has 0 radical (unpaired) electrons. The molecular formula is C11H21ClS. The SMILES string of the molecule is CCSCCCC1(CCl)CCCC1. The molecule has 0 aromatic rings. The van der Waals surface area contributed by atoms with E-state index in [9.17, 15) is 0 Å². The minimum absolute atomic E-state index is 0.538. The van der Waals surface area contributed by atoms with Crippen LogP contribution in [0.3, 0.4) is 0 Å². The topological polar surface area (TPSA) is 0 Å². The van der Waals surface area contributed by atoms with Crippen molar-refractivity contribution in [3.63, 3.8) is 0 Å². The van der Waals surface area contributed by atoms with Gasteiger partial charge in [-0.05, 0) is 42.6 Å². The fourth-order valence-electron chi connectivity index (χ4n) is 2.27. The van der Waals surface area contributed by atoms with Crippen molar-refractivity contribution < 1.29 is 0 Å². The highest BCUT2D eigenvalue weighted by atomic mass is 35.5. The van der Waals surface area contributed by atoms with Crippen molar-refractivity contribution >= 4 is 23.4 Å². The molecule has 0 aliphatic heterocycles. The van der Waals surface area contributed by atoms with Gasteiger partial charge < -0.3 is 0 Å². The van der Waals surface area contributed by atoms with Crippen LogP contribution in [-0.4, -0.2) is 17.4 Å². The molecule has 0 unspecified atom stereocenters. The van der Waals surface area contributed by atoms with Crippen molar-refractivity contribution in [3.8, 4) is 0 Å². The predicted molar refractivity (Wildman–Crippen MR) is 63.9 cm³/mol. The van der Waals surface area contributed by atoms with Gasteiger partial charge in [0.15, 0.2) is 0 Å². The standard InChI is InChI=1S/C11H21ClS/c1-2-13-9-5-8-11(10-12)6-3-4-7-11/h2-10H2,1H3. The quantitative estimate of drug-likeness (QED) is 0.475. The molecule has 13 heavy (non-hydrogen) atoms. The van der Waals surface area contributed by atoms with Crippen LogP contribution in [0, 0.1) is 5.41 Å². The Kier molecular flexibility index (Phi) is 5.57. The van der Waals surface area contributed by atoms with Crippen molar-refractivity contribution in [1.82, 2.24) is 0 Å². The van der Waals surface area contributed by atoms with E-state index in [1.165, 1.54) is 50.0 Å². The molecule has 0 amide bonds. The van der Waals surface area contributed by atoms with E-state index < -0.39 is 0 Å². The highest BCUT2D eigenvalue weighted by Crippen LogP contribution is 2.43. The Hall–Kier alpha value is 0.640. The molecule has 0 bridgehead atoms. The van der Waals surface area contributed by atoms with E-state index in [2.05, 4.69) is 18.7 Å². The monoisotopic (exact) mass is 220 g/mol. The maximum absolute atomic E-state index is 6.07. The predicted octanol–water partition coefficient (Wildman–Crippen LogP) is 4.32. The summed E-state index contributed by atoms with van der Waals surface area (Å²) in [7, 11) is 0. The molecular weight excluding hydrogens is 200 g/mol. The van der Waals surface area contributed by atoms with Crippen LogP contribution in [0.25, 0.3) is 0 Å². The summed E-state index contributed by atoms with van der Waals surface area (Å²) in [5.74, 6) is 3.48. The lowest BCUT2D eigenvalue weighted by atomic mass is 9.84. The van der Waals surface area contributed by atoms with Crippen LogP contribution in [0.2, 0.25) is 0 Å². The average molecular weight is 221 g/mol. The summed E-state index contributed by atoms with van der Waals surface area (Å²) in [5.41, 5.74) is 0.538. The van der Waals surface area contributed by atoms with E-state index in [0.29, 0.717) is 5.41 Å². The Morgan fingerprint density at radius 2 is 2.00 bits per heavy atom. The number of hydrogen-bond donors (Lipinski definition) is 0. The molecule has 0 nitrogen and oxygen atoms in total. The van der Waals surface area contributed by atoms with Gasteiger partial charge in [0.25, 0.3) is 0 Å². The van der Waals surface area contributed by atoms with Crippen LogP contribution in [0.4, 0.5) is 0 Å². The Morgan fingerprint density at radius 1 is 1.31 bits per heavy atom. The summed E-state index contributed by atoms with van der Waals surface area (Å²) in [4.78, 5) is 0. The summed E-state index contributed by atoms with van der Waals surface area (Å²) < 4.78 is 0. The van der Waals surface area contributed by atoms with Gasteiger partial charge in [-0.25, -0.2) is 0 Å². The normalized spacial score (nSPS) is 20.8. The Bertz CT molecular complexity index is 130. The van der Waals surface area contributed by atoms with Gasteiger partial charge in [0.1, 0.15) is 0 Å². The fourth-order valence-corrected chi connectivity index (χ4v) is 3.31. The van der Waals surface area contributed by atoms with Gasteiger partial charge in [-0.15, -0.1) is 11.6 Å². The van der Waals surface area contributed by atoms with E-state index in [1.54, 1.807) is 0 Å². The first-order chi connectivity index (χ1) is 6.33. The number of halogens is 1. The lowest BCUT2D eigenvalue weighted by molar-refractivity contribution is 0.312. The van der Waals surface area contributed by atoms with Gasteiger partial charge in [0.05, 0.1) is 0 Å². The molecule has 2 heteroatoms. The molecule has 0 heterocycles. The van der Waals surface area contributed by atoms with E-state index >= 15 is 0 Å². The molecule has 0 aromatic heterocycles. The smallest absolute Gasteiger partial charge is 0.0280 e. The van der Waals surface area contributed by atoms with Crippen molar-refractivity contribution in [3.05, 3.63) is 0 Å². The zero-order chi connectivity index (χ0) is 9.57. The summed E-state index contributed by atoms with van der Waals surface area (Å²) in [6.07, 6.45) is 8.32. The second kappa shape index (κ2) is 6.19. The van der Waals surface area contributed by atoms with E-state index in [1.807, 2.05) is 0 Å². The zero-order valence-electron chi connectivity index (χ0n) is 8.65. The number of rotatable bonds is 6. The van der Waals surface area contributed by atoms with Crippen molar-refractivity contribution in [1.29, 1.82) is 0 Å². The van der Waals surface area contributed by atoms with Crippen LogP contribution in [-0.2, 0) is 0 Å². The van der Waals surface area contributed by atoms with Crippen molar-refractivity contribution in [2.24, 2.45) is 5.41 Å². The Balaban J connectivity index is 2.16. The maximum atomic E-state index is 6.07. The third-order valence-electron chi connectivity index (χ3n) is 3.15. The third kappa shape index (κ3) is 3.71. The van der Waals surface area contributed by atoms with Gasteiger partial charge in [0, 0.05) is 5.88 Å². The largest absolute Gasteiger partial charge is 0.162 e. The van der Waals surface area contributed by atoms with Gasteiger partial charge in [0.2, 0.25) is 0 Å². The van der Waals surface area contributed by atoms with Gasteiger partial charge in [-0.3, -0.25) is 0 Å². The number of hydrogen-bond acceptors (Lipinski definition) is 1. The average Bonchev–Trinajstić information content (AvgIpc) is 2.62. The molecule has 0 aromatic carbocycles. The van der Waals surface area contributed by atoms with Gasteiger partial charge >= 0.3 is 0 Å². The molecule has 0 spiro atoms. The highest BCUT2D eigenvalue weighted by molar-refractivity contribution is 7.99. The van der Waals surface area contributed by atoms with Crippen LogP contribution in [0.1, 0.15) is 45.4 Å². The maximum Gasteiger partial charge on any atom is 0.0280 e. The summed E-state index contributed by atoms with van der Waals surface area (Å²) in [6, 6.07) is 0. The van der Waals surface area contributed by atoms with Gasteiger partial charge in [-0.2, -0.15) is 11.8 Å². The van der Waals surface area contributed by atoms with Crippen molar-refractivity contribution in [2.45, 2.75) is 45.4 Å². The molecule has 0 saturated heterocycles. The summed E-state index contributed by atoms with van der Waals surface area (Å²) in [6.45, 7) is 2.23. The van der Waals surface area contributed by atoms with E-state index in [4.69, 9.17) is 11.6 Å². The van der Waals surface area contributed by atoms with Crippen LogP contribution in [0.5, 0.6) is 0 Å². The Morgan fingerprint density at radius 3 is 2.54 bits per heavy atom. The third-order valence-corrected chi connectivity index (χ3v) is 4.70. The molecule has 1 aliphatic rings. The second-order valence-electron chi connectivity index (χ2n) is 4.14. The van der Waals surface area contributed by atoms with Crippen molar-refractivity contribution in [2.75, 3.05) is 17.4 Å². The molecule has 78 valence electrons. The van der Waals surface area contributed by atoms with Gasteiger partial charge in [-0.1, -0.05) is 19.8 Å². The second-order valence-corrected chi connectivity index (χ2v) is 5.80. The first kappa shape index (κ1) is 11.7. The van der Waals surface area contributed by atoms with E-state index in [-0.39, 0.29) is 0 Å². The highest BCUT2D eigenvalue weighted by Gasteiger charge is 2.31. The molecule has 1 rings (SSSR count). The van der Waals surface area contributed by atoms with Crippen LogP contribution in [0.15, 0.2) is 0 Å². The van der Waals surface area contributed by atoms with Crippen LogP contribution < -0.4 is 0 Å². The minimum atomic E-state index is 0.538. The lowest BCUT2D eigenvalue weighted by Gasteiger charge is -2.25. The number of thioether (sulfide) groups is 1. The first-order valence-corrected chi connectivity index (χ1v) is 7.16. The fraction of sp³-hybridized carbons (Fsp3) is 1.00. The molecule has 1 saturated carbocycles. The minimum Gasteiger partial charge on any atom is -0.162 e. The Labute approximate surface area is 91.8 Å². The first-order valence-electron chi connectivity index (χ1n) is 5.47. The molecule has 0 atom stereocenters.